The second kappa shape index (κ2) is 14.8. The smallest absolute Gasteiger partial charge is 0.410 e. The van der Waals surface area contributed by atoms with Crippen LogP contribution in [0.4, 0.5) is 4.79 Å². The second-order valence-corrected chi connectivity index (χ2v) is 10.4. The molecule has 0 bridgehead atoms. The first kappa shape index (κ1) is 29.6. The zero-order chi connectivity index (χ0) is 26.8. The van der Waals surface area contributed by atoms with Gasteiger partial charge >= 0.3 is 18.0 Å². The zero-order valence-corrected chi connectivity index (χ0v) is 23.2. The molecule has 2 unspecified atom stereocenters. The minimum absolute atomic E-state index is 0.00468. The molecule has 3 fully saturated rings. The molecule has 0 aromatic heterocycles. The number of carbonyl (C=O) groups excluding carboxylic acids is 3. The molecular formula is C26H47N5O6. The van der Waals surface area contributed by atoms with Crippen molar-refractivity contribution < 1.29 is 28.6 Å². The summed E-state index contributed by atoms with van der Waals surface area (Å²) in [4.78, 5) is 48.0. The lowest BCUT2D eigenvalue weighted by Crippen LogP contribution is -2.54. The van der Waals surface area contributed by atoms with Crippen molar-refractivity contribution in [1.82, 2.24) is 24.5 Å². The highest BCUT2D eigenvalue weighted by atomic mass is 16.6. The first-order valence-corrected chi connectivity index (χ1v) is 14.0. The number of hydrogen-bond donors (Lipinski definition) is 0. The van der Waals surface area contributed by atoms with Gasteiger partial charge in [-0.1, -0.05) is 0 Å². The fraction of sp³-hybridized carbons (Fsp3) is 0.885. The van der Waals surface area contributed by atoms with Gasteiger partial charge in [-0.15, -0.1) is 0 Å². The Balaban J connectivity index is 1.37. The highest BCUT2D eigenvalue weighted by molar-refractivity contribution is 5.82. The molecule has 0 N–H and O–H groups in total. The maximum absolute atomic E-state index is 12.5. The number of carbonyl (C=O) groups is 3. The van der Waals surface area contributed by atoms with Gasteiger partial charge in [-0.2, -0.15) is 0 Å². The van der Waals surface area contributed by atoms with Crippen LogP contribution in [-0.2, 0) is 23.8 Å². The van der Waals surface area contributed by atoms with Crippen molar-refractivity contribution in [2.24, 2.45) is 0 Å². The highest BCUT2D eigenvalue weighted by Gasteiger charge is 2.36. The van der Waals surface area contributed by atoms with E-state index in [1.54, 1.807) is 13.8 Å². The Hall–Kier alpha value is -1.95. The lowest BCUT2D eigenvalue weighted by atomic mass is 10.1. The van der Waals surface area contributed by atoms with Gasteiger partial charge in [0.1, 0.15) is 12.1 Å². The molecule has 3 saturated heterocycles. The van der Waals surface area contributed by atoms with Crippen LogP contribution in [0.3, 0.4) is 0 Å². The molecule has 212 valence electrons. The van der Waals surface area contributed by atoms with Gasteiger partial charge in [0, 0.05) is 71.5 Å². The predicted octanol–water partition coefficient (Wildman–Crippen LogP) is 0.726. The van der Waals surface area contributed by atoms with E-state index >= 15 is 0 Å². The van der Waals surface area contributed by atoms with Gasteiger partial charge < -0.3 is 24.0 Å². The molecule has 11 heteroatoms. The molecule has 0 aromatic rings. The summed E-state index contributed by atoms with van der Waals surface area (Å²) in [5.41, 5.74) is 0. The Morgan fingerprint density at radius 1 is 0.892 bits per heavy atom. The van der Waals surface area contributed by atoms with Gasteiger partial charge in [0.25, 0.3) is 0 Å². The number of piperazine rings is 2. The van der Waals surface area contributed by atoms with Gasteiger partial charge in [-0.25, -0.2) is 4.79 Å². The average molecular weight is 526 g/mol. The minimum atomic E-state index is -0.630. The van der Waals surface area contributed by atoms with Gasteiger partial charge in [0.05, 0.1) is 26.2 Å². The number of rotatable bonds is 13. The monoisotopic (exact) mass is 525 g/mol. The fourth-order valence-corrected chi connectivity index (χ4v) is 5.36. The summed E-state index contributed by atoms with van der Waals surface area (Å²) in [5, 5.41) is 0. The van der Waals surface area contributed by atoms with E-state index in [0.29, 0.717) is 32.2 Å². The summed E-state index contributed by atoms with van der Waals surface area (Å²) in [6.07, 6.45) is 0.590. The lowest BCUT2D eigenvalue weighted by Gasteiger charge is -2.38. The van der Waals surface area contributed by atoms with Crippen LogP contribution in [0.15, 0.2) is 0 Å². The summed E-state index contributed by atoms with van der Waals surface area (Å²) < 4.78 is 15.9. The summed E-state index contributed by atoms with van der Waals surface area (Å²) in [6.45, 7) is 18.7. The standard InChI is InChI=1S/C26H47N5O6/c1-5-35-24(32)18-23(25(33)36-6-2)30-16-12-28(13-17-30)19-22-20-31(26(34)37-22)9-7-8-27-10-14-29(15-11-27)21(3)4/h21-23H,5-20H2,1-4H3. The molecule has 3 aliphatic rings. The van der Waals surface area contributed by atoms with Gasteiger partial charge in [-0.3, -0.25) is 24.3 Å². The van der Waals surface area contributed by atoms with Crippen LogP contribution >= 0.6 is 0 Å². The third-order valence-corrected chi connectivity index (χ3v) is 7.52. The maximum Gasteiger partial charge on any atom is 0.410 e. The van der Waals surface area contributed by atoms with Crippen LogP contribution in [0, 0.1) is 0 Å². The molecule has 0 saturated carbocycles. The molecule has 0 aliphatic carbocycles. The third-order valence-electron chi connectivity index (χ3n) is 7.52. The summed E-state index contributed by atoms with van der Waals surface area (Å²) in [5.74, 6) is -0.773. The largest absolute Gasteiger partial charge is 0.466 e. The zero-order valence-electron chi connectivity index (χ0n) is 23.2. The van der Waals surface area contributed by atoms with Crippen LogP contribution in [-0.4, -0.2) is 152 Å². The van der Waals surface area contributed by atoms with E-state index in [0.717, 1.165) is 58.8 Å². The molecule has 3 heterocycles. The van der Waals surface area contributed by atoms with Gasteiger partial charge in [0.2, 0.25) is 0 Å². The fourth-order valence-electron chi connectivity index (χ4n) is 5.36. The van der Waals surface area contributed by atoms with E-state index < -0.39 is 12.0 Å². The van der Waals surface area contributed by atoms with E-state index in [2.05, 4.69) is 28.5 Å². The Labute approximate surface area is 221 Å². The molecule has 2 atom stereocenters. The number of esters is 2. The van der Waals surface area contributed by atoms with Crippen molar-refractivity contribution in [2.45, 2.75) is 58.7 Å². The summed E-state index contributed by atoms with van der Waals surface area (Å²) in [7, 11) is 0. The van der Waals surface area contributed by atoms with Crippen LogP contribution in [0.2, 0.25) is 0 Å². The van der Waals surface area contributed by atoms with E-state index in [9.17, 15) is 14.4 Å². The number of nitrogens with zero attached hydrogens (tertiary/aromatic N) is 5. The molecule has 3 rings (SSSR count). The van der Waals surface area contributed by atoms with E-state index in [1.165, 1.54) is 0 Å². The minimum Gasteiger partial charge on any atom is -0.466 e. The summed E-state index contributed by atoms with van der Waals surface area (Å²) in [6, 6.07) is -0.0284. The number of hydrogen-bond acceptors (Lipinski definition) is 10. The van der Waals surface area contributed by atoms with Crippen molar-refractivity contribution in [3.8, 4) is 0 Å². The first-order valence-electron chi connectivity index (χ1n) is 14.0. The molecule has 0 radical (unpaired) electrons. The number of ether oxygens (including phenoxy) is 3. The number of cyclic esters (lactones) is 1. The van der Waals surface area contributed by atoms with Crippen molar-refractivity contribution >= 4 is 18.0 Å². The highest BCUT2D eigenvalue weighted by Crippen LogP contribution is 2.17. The third kappa shape index (κ3) is 9.08. The van der Waals surface area contributed by atoms with Gasteiger partial charge in [0.15, 0.2) is 0 Å². The molecule has 0 aromatic carbocycles. The Morgan fingerprint density at radius 2 is 1.51 bits per heavy atom. The molecule has 11 nitrogen and oxygen atoms in total. The van der Waals surface area contributed by atoms with E-state index in [4.69, 9.17) is 14.2 Å². The topological polar surface area (TPSA) is 95.1 Å². The normalized spacial score (nSPS) is 23.3. The second-order valence-electron chi connectivity index (χ2n) is 10.4. The molecule has 0 spiro atoms. The van der Waals surface area contributed by atoms with Crippen molar-refractivity contribution in [3.63, 3.8) is 0 Å². The van der Waals surface area contributed by atoms with E-state index in [1.807, 2.05) is 9.80 Å². The average Bonchev–Trinajstić information content (AvgIpc) is 3.22. The van der Waals surface area contributed by atoms with Crippen LogP contribution < -0.4 is 0 Å². The molecule has 37 heavy (non-hydrogen) atoms. The summed E-state index contributed by atoms with van der Waals surface area (Å²) >= 11 is 0. The predicted molar refractivity (Wildman–Crippen MR) is 139 cm³/mol. The lowest BCUT2D eigenvalue weighted by molar-refractivity contribution is -0.157. The number of amides is 1. The Morgan fingerprint density at radius 3 is 2.14 bits per heavy atom. The maximum atomic E-state index is 12.5. The van der Waals surface area contributed by atoms with Gasteiger partial charge in [-0.05, 0) is 40.7 Å². The van der Waals surface area contributed by atoms with Crippen molar-refractivity contribution in [1.29, 1.82) is 0 Å². The molecular weight excluding hydrogens is 478 g/mol. The van der Waals surface area contributed by atoms with Crippen molar-refractivity contribution in [3.05, 3.63) is 0 Å². The molecule has 1 amide bonds. The van der Waals surface area contributed by atoms with Crippen LogP contribution in [0.1, 0.15) is 40.5 Å². The van der Waals surface area contributed by atoms with Crippen LogP contribution in [0.5, 0.6) is 0 Å². The molecule has 3 aliphatic heterocycles. The Bertz CT molecular complexity index is 737. The van der Waals surface area contributed by atoms with Crippen LogP contribution in [0.25, 0.3) is 0 Å². The van der Waals surface area contributed by atoms with Crippen molar-refractivity contribution in [2.75, 3.05) is 91.8 Å². The van der Waals surface area contributed by atoms with E-state index in [-0.39, 0.29) is 37.8 Å². The SMILES string of the molecule is CCOC(=O)CC(C(=O)OCC)N1CCN(CC2CN(CCCN3CCN(C(C)C)CC3)C(=O)O2)CC1. The first-order chi connectivity index (χ1) is 17.8. The Kier molecular flexibility index (Phi) is 11.9. The quantitative estimate of drug-likeness (QED) is 0.253.